The fourth-order valence-corrected chi connectivity index (χ4v) is 2.82. The first-order chi connectivity index (χ1) is 11.8. The Morgan fingerprint density at radius 1 is 0.667 bits per heavy atom. The standard InChI is InChI=1S/C22H42O2/c1-3-5-7-8-9-10-11-12-13-14-15-16-17-18-19-20-22(23)24-21-6-4-2/h19-20H,3-18,21H2,1-2H3/b20-19-. The number of rotatable bonds is 18. The van der Waals surface area contributed by atoms with E-state index < -0.39 is 0 Å². The summed E-state index contributed by atoms with van der Waals surface area (Å²) in [6.45, 7) is 4.93. The molecule has 24 heavy (non-hydrogen) atoms. The number of carbonyl (C=O) groups is 1. The van der Waals surface area contributed by atoms with Crippen LogP contribution in [-0.4, -0.2) is 12.6 Å². The predicted molar refractivity (Wildman–Crippen MR) is 105 cm³/mol. The van der Waals surface area contributed by atoms with Crippen molar-refractivity contribution in [3.05, 3.63) is 12.2 Å². The van der Waals surface area contributed by atoms with E-state index in [9.17, 15) is 4.79 Å². The molecule has 0 N–H and O–H groups in total. The second kappa shape index (κ2) is 20.3. The monoisotopic (exact) mass is 338 g/mol. The molecule has 0 heterocycles. The van der Waals surface area contributed by atoms with Crippen molar-refractivity contribution in [1.29, 1.82) is 0 Å². The highest BCUT2D eigenvalue weighted by Crippen LogP contribution is 2.13. The number of ether oxygens (including phenoxy) is 1. The zero-order chi connectivity index (χ0) is 17.7. The van der Waals surface area contributed by atoms with Crippen molar-refractivity contribution >= 4 is 5.97 Å². The lowest BCUT2D eigenvalue weighted by Gasteiger charge is -2.02. The predicted octanol–water partition coefficient (Wildman–Crippen LogP) is 7.37. The molecule has 2 nitrogen and oxygen atoms in total. The third kappa shape index (κ3) is 19.3. The molecule has 0 saturated heterocycles. The first kappa shape index (κ1) is 23.2. The largest absolute Gasteiger partial charge is 0.463 e. The molecule has 2 heteroatoms. The molecule has 0 radical (unpaired) electrons. The number of hydrogen-bond acceptors (Lipinski definition) is 2. The fourth-order valence-electron chi connectivity index (χ4n) is 2.82. The summed E-state index contributed by atoms with van der Waals surface area (Å²) >= 11 is 0. The average Bonchev–Trinajstić information content (AvgIpc) is 2.58. The van der Waals surface area contributed by atoms with Gasteiger partial charge in [0.05, 0.1) is 6.61 Å². The van der Waals surface area contributed by atoms with Crippen LogP contribution in [0.25, 0.3) is 0 Å². The maximum absolute atomic E-state index is 11.3. The van der Waals surface area contributed by atoms with Gasteiger partial charge in [0.1, 0.15) is 0 Å². The Bertz CT molecular complexity index is 284. The summed E-state index contributed by atoms with van der Waals surface area (Å²) in [6.07, 6.45) is 24.5. The molecule has 0 aromatic rings. The molecule has 0 saturated carbocycles. The van der Waals surface area contributed by atoms with Crippen molar-refractivity contribution < 1.29 is 9.53 Å². The minimum absolute atomic E-state index is 0.182. The van der Waals surface area contributed by atoms with Gasteiger partial charge in [0.25, 0.3) is 0 Å². The molecule has 0 fully saturated rings. The lowest BCUT2D eigenvalue weighted by Crippen LogP contribution is -2.01. The first-order valence-corrected chi connectivity index (χ1v) is 10.6. The minimum atomic E-state index is -0.182. The van der Waals surface area contributed by atoms with Gasteiger partial charge < -0.3 is 4.74 Å². The minimum Gasteiger partial charge on any atom is -0.463 e. The van der Waals surface area contributed by atoms with Gasteiger partial charge in [-0.3, -0.25) is 0 Å². The molecule has 142 valence electrons. The summed E-state index contributed by atoms with van der Waals surface area (Å²) < 4.78 is 5.08. The zero-order valence-corrected chi connectivity index (χ0v) is 16.5. The Kier molecular flexibility index (Phi) is 19.6. The van der Waals surface area contributed by atoms with Crippen molar-refractivity contribution in [3.63, 3.8) is 0 Å². The van der Waals surface area contributed by atoms with E-state index in [0.717, 1.165) is 19.3 Å². The Labute approximate surface area is 151 Å². The molecule has 0 bridgehead atoms. The molecule has 0 aliphatic rings. The summed E-state index contributed by atoms with van der Waals surface area (Å²) in [7, 11) is 0. The fraction of sp³-hybridized carbons (Fsp3) is 0.864. The summed E-state index contributed by atoms with van der Waals surface area (Å²) in [6, 6.07) is 0. The number of carbonyl (C=O) groups excluding carboxylic acids is 1. The van der Waals surface area contributed by atoms with Gasteiger partial charge >= 0.3 is 5.97 Å². The summed E-state index contributed by atoms with van der Waals surface area (Å²) in [5, 5.41) is 0. The van der Waals surface area contributed by atoms with Gasteiger partial charge in [-0.25, -0.2) is 4.79 Å². The number of allylic oxidation sites excluding steroid dienone is 1. The lowest BCUT2D eigenvalue weighted by molar-refractivity contribution is -0.137. The topological polar surface area (TPSA) is 26.3 Å². The third-order valence-electron chi connectivity index (χ3n) is 4.47. The van der Waals surface area contributed by atoms with Crippen molar-refractivity contribution in [2.45, 2.75) is 117 Å². The van der Waals surface area contributed by atoms with Crippen LogP contribution in [0.15, 0.2) is 12.2 Å². The Balaban J connectivity index is 3.15. The van der Waals surface area contributed by atoms with Crippen LogP contribution in [0.5, 0.6) is 0 Å². The highest BCUT2D eigenvalue weighted by Gasteiger charge is 1.96. The van der Waals surface area contributed by atoms with E-state index >= 15 is 0 Å². The Hall–Kier alpha value is -0.790. The molecule has 0 aliphatic carbocycles. The molecular formula is C22H42O2. The van der Waals surface area contributed by atoms with Gasteiger partial charge in [0.2, 0.25) is 0 Å². The van der Waals surface area contributed by atoms with E-state index in [1.54, 1.807) is 6.08 Å². The molecule has 0 aromatic carbocycles. The van der Waals surface area contributed by atoms with E-state index in [-0.39, 0.29) is 5.97 Å². The number of esters is 1. The Morgan fingerprint density at radius 2 is 1.12 bits per heavy atom. The van der Waals surface area contributed by atoms with Crippen LogP contribution in [0.4, 0.5) is 0 Å². The summed E-state index contributed by atoms with van der Waals surface area (Å²) in [5.74, 6) is -0.182. The van der Waals surface area contributed by atoms with Crippen LogP contribution in [0.2, 0.25) is 0 Å². The van der Waals surface area contributed by atoms with Crippen LogP contribution in [0.3, 0.4) is 0 Å². The van der Waals surface area contributed by atoms with Crippen molar-refractivity contribution in [2.75, 3.05) is 6.61 Å². The van der Waals surface area contributed by atoms with Gasteiger partial charge in [-0.05, 0) is 19.3 Å². The summed E-state index contributed by atoms with van der Waals surface area (Å²) in [5.41, 5.74) is 0. The highest BCUT2D eigenvalue weighted by atomic mass is 16.5. The van der Waals surface area contributed by atoms with Crippen LogP contribution in [0, 0.1) is 0 Å². The van der Waals surface area contributed by atoms with Gasteiger partial charge in [-0.2, -0.15) is 0 Å². The van der Waals surface area contributed by atoms with Crippen LogP contribution < -0.4 is 0 Å². The molecule has 0 amide bonds. The van der Waals surface area contributed by atoms with Crippen molar-refractivity contribution in [1.82, 2.24) is 0 Å². The Morgan fingerprint density at radius 3 is 1.62 bits per heavy atom. The second-order valence-electron chi connectivity index (χ2n) is 6.95. The van der Waals surface area contributed by atoms with E-state index in [1.807, 2.05) is 6.08 Å². The number of hydrogen-bond donors (Lipinski definition) is 0. The second-order valence-corrected chi connectivity index (χ2v) is 6.95. The van der Waals surface area contributed by atoms with Crippen molar-refractivity contribution in [2.24, 2.45) is 0 Å². The zero-order valence-electron chi connectivity index (χ0n) is 16.5. The average molecular weight is 339 g/mol. The van der Waals surface area contributed by atoms with Crippen LogP contribution >= 0.6 is 0 Å². The molecular weight excluding hydrogens is 296 g/mol. The van der Waals surface area contributed by atoms with E-state index in [4.69, 9.17) is 4.74 Å². The highest BCUT2D eigenvalue weighted by molar-refractivity contribution is 5.81. The van der Waals surface area contributed by atoms with E-state index in [1.165, 1.54) is 83.5 Å². The third-order valence-corrected chi connectivity index (χ3v) is 4.47. The van der Waals surface area contributed by atoms with Gasteiger partial charge in [0, 0.05) is 6.08 Å². The molecule has 0 aliphatic heterocycles. The molecule has 0 aromatic heterocycles. The van der Waals surface area contributed by atoms with Gasteiger partial charge in [0.15, 0.2) is 0 Å². The van der Waals surface area contributed by atoms with Crippen molar-refractivity contribution in [3.8, 4) is 0 Å². The van der Waals surface area contributed by atoms with E-state index in [0.29, 0.717) is 6.61 Å². The van der Waals surface area contributed by atoms with Gasteiger partial charge in [-0.15, -0.1) is 0 Å². The normalized spacial score (nSPS) is 11.2. The van der Waals surface area contributed by atoms with Crippen LogP contribution in [0.1, 0.15) is 117 Å². The SMILES string of the molecule is CCCCCCCCCCCCCCC/C=C\C(=O)OCCCC. The molecule has 0 spiro atoms. The molecule has 0 atom stereocenters. The lowest BCUT2D eigenvalue weighted by atomic mass is 10.0. The smallest absolute Gasteiger partial charge is 0.330 e. The van der Waals surface area contributed by atoms with E-state index in [2.05, 4.69) is 13.8 Å². The quantitative estimate of drug-likeness (QED) is 0.148. The maximum Gasteiger partial charge on any atom is 0.330 e. The van der Waals surface area contributed by atoms with Crippen LogP contribution in [-0.2, 0) is 9.53 Å². The molecule has 0 rings (SSSR count). The molecule has 0 unspecified atom stereocenters. The first-order valence-electron chi connectivity index (χ1n) is 10.6. The number of unbranched alkanes of at least 4 members (excludes halogenated alkanes) is 14. The maximum atomic E-state index is 11.3. The summed E-state index contributed by atoms with van der Waals surface area (Å²) in [4.78, 5) is 11.3. The van der Waals surface area contributed by atoms with Gasteiger partial charge in [-0.1, -0.05) is 103 Å².